The average Bonchev–Trinajstić information content (AvgIpc) is 3.14. The summed E-state index contributed by atoms with van der Waals surface area (Å²) in [7, 11) is -0.537. The first kappa shape index (κ1) is 25.0. The minimum absolute atomic E-state index is 0.463. The lowest BCUT2D eigenvalue weighted by atomic mass is 9.68. The van der Waals surface area contributed by atoms with Gasteiger partial charge >= 0.3 is 7.12 Å². The van der Waals surface area contributed by atoms with E-state index in [9.17, 15) is 0 Å². The molecule has 0 amide bonds. The van der Waals surface area contributed by atoms with Crippen molar-refractivity contribution in [3.63, 3.8) is 0 Å². The van der Waals surface area contributed by atoms with Crippen molar-refractivity contribution in [1.29, 1.82) is 0 Å². The number of benzene rings is 4. The van der Waals surface area contributed by atoms with E-state index in [0.717, 1.165) is 38.9 Å². The molecular formula is C34H33BO2. The molecule has 4 aromatic carbocycles. The van der Waals surface area contributed by atoms with E-state index < -0.39 is 18.3 Å². The van der Waals surface area contributed by atoms with Gasteiger partial charge in [-0.25, -0.2) is 0 Å². The number of rotatable bonds is 6. The van der Waals surface area contributed by atoms with Crippen LogP contribution < -0.4 is 0 Å². The zero-order chi connectivity index (χ0) is 25.9. The van der Waals surface area contributed by atoms with Gasteiger partial charge in [-0.15, -0.1) is 0 Å². The van der Waals surface area contributed by atoms with E-state index in [0.29, 0.717) is 0 Å². The van der Waals surface area contributed by atoms with Crippen LogP contribution in [0, 0.1) is 0 Å². The number of hydrogen-bond donors (Lipinski definition) is 0. The summed E-state index contributed by atoms with van der Waals surface area (Å²) in [5.41, 5.74) is 6.77. The zero-order valence-electron chi connectivity index (χ0n) is 22.0. The Kier molecular flexibility index (Phi) is 7.01. The predicted octanol–water partition coefficient (Wildman–Crippen LogP) is 8.47. The Morgan fingerprint density at radius 2 is 0.946 bits per heavy atom. The highest BCUT2D eigenvalue weighted by molar-refractivity contribution is 6.72. The summed E-state index contributed by atoms with van der Waals surface area (Å²) >= 11 is 0. The summed E-state index contributed by atoms with van der Waals surface area (Å²) in [6.45, 7) is 8.43. The van der Waals surface area contributed by atoms with Crippen LogP contribution in [0.2, 0.25) is 0 Å². The lowest BCUT2D eigenvalue weighted by molar-refractivity contribution is 0.00578. The van der Waals surface area contributed by atoms with E-state index in [-0.39, 0.29) is 0 Å². The topological polar surface area (TPSA) is 18.5 Å². The van der Waals surface area contributed by atoms with Gasteiger partial charge in [-0.05, 0) is 72.6 Å². The van der Waals surface area contributed by atoms with Crippen molar-refractivity contribution in [3.05, 3.63) is 144 Å². The predicted molar refractivity (Wildman–Crippen MR) is 157 cm³/mol. The summed E-state index contributed by atoms with van der Waals surface area (Å²) in [6.07, 6.45) is 2.27. The minimum Gasteiger partial charge on any atom is -0.399 e. The van der Waals surface area contributed by atoms with Gasteiger partial charge < -0.3 is 9.31 Å². The molecule has 0 unspecified atom stereocenters. The first-order valence-corrected chi connectivity index (χ1v) is 12.9. The Morgan fingerprint density at radius 1 is 0.541 bits per heavy atom. The first-order chi connectivity index (χ1) is 17.9. The van der Waals surface area contributed by atoms with Gasteiger partial charge in [0.05, 0.1) is 11.2 Å². The van der Waals surface area contributed by atoms with Gasteiger partial charge in [0.15, 0.2) is 0 Å². The maximum absolute atomic E-state index is 6.71. The Balaban J connectivity index is 1.86. The molecule has 0 aliphatic carbocycles. The van der Waals surface area contributed by atoms with Crippen LogP contribution in [0.15, 0.2) is 121 Å². The molecule has 0 spiro atoms. The SMILES string of the molecule is CC1(C)OB(/C(=C(\C(=C/c2ccccc2)c2ccccc2)c2ccccc2)c2ccccc2)OC1(C)C. The van der Waals surface area contributed by atoms with Gasteiger partial charge in [0.25, 0.3) is 0 Å². The molecule has 0 aromatic heterocycles. The molecule has 184 valence electrons. The average molecular weight is 484 g/mol. The molecule has 1 fully saturated rings. The molecular weight excluding hydrogens is 451 g/mol. The third kappa shape index (κ3) is 5.25. The minimum atomic E-state index is -0.537. The molecule has 37 heavy (non-hydrogen) atoms. The Labute approximate surface area is 221 Å². The van der Waals surface area contributed by atoms with Crippen LogP contribution in [0.3, 0.4) is 0 Å². The molecule has 0 saturated carbocycles. The highest BCUT2D eigenvalue weighted by Crippen LogP contribution is 2.46. The third-order valence-corrected chi connectivity index (χ3v) is 7.37. The summed E-state index contributed by atoms with van der Waals surface area (Å²) in [5.74, 6) is 0. The first-order valence-electron chi connectivity index (χ1n) is 12.9. The highest BCUT2D eigenvalue weighted by atomic mass is 16.7. The van der Waals surface area contributed by atoms with Crippen LogP contribution in [0.25, 0.3) is 22.7 Å². The fraction of sp³-hybridized carbons (Fsp3) is 0.176. The molecule has 0 N–H and O–H groups in total. The summed E-state index contributed by atoms with van der Waals surface area (Å²) in [4.78, 5) is 0. The van der Waals surface area contributed by atoms with Gasteiger partial charge in [0, 0.05) is 0 Å². The Hall–Kier alpha value is -3.66. The maximum Gasteiger partial charge on any atom is 0.496 e. The Morgan fingerprint density at radius 3 is 1.43 bits per heavy atom. The molecule has 1 aliphatic heterocycles. The van der Waals surface area contributed by atoms with E-state index in [1.807, 2.05) is 12.1 Å². The van der Waals surface area contributed by atoms with Crippen LogP contribution in [0.4, 0.5) is 0 Å². The van der Waals surface area contributed by atoms with E-state index in [1.54, 1.807) is 0 Å². The lowest BCUT2D eigenvalue weighted by Gasteiger charge is -2.32. The second-order valence-corrected chi connectivity index (χ2v) is 10.4. The van der Waals surface area contributed by atoms with Crippen LogP contribution in [0.1, 0.15) is 49.9 Å². The second kappa shape index (κ2) is 10.4. The smallest absolute Gasteiger partial charge is 0.399 e. The van der Waals surface area contributed by atoms with Crippen molar-refractivity contribution < 1.29 is 9.31 Å². The van der Waals surface area contributed by atoms with Crippen molar-refractivity contribution in [1.82, 2.24) is 0 Å². The van der Waals surface area contributed by atoms with Crippen molar-refractivity contribution in [2.75, 3.05) is 0 Å². The molecule has 0 bridgehead atoms. The van der Waals surface area contributed by atoms with Gasteiger partial charge in [0.1, 0.15) is 0 Å². The molecule has 1 heterocycles. The molecule has 2 nitrogen and oxygen atoms in total. The van der Waals surface area contributed by atoms with E-state index in [4.69, 9.17) is 9.31 Å². The fourth-order valence-electron chi connectivity index (χ4n) is 4.67. The summed E-state index contributed by atoms with van der Waals surface area (Å²) < 4.78 is 13.4. The maximum atomic E-state index is 6.71. The van der Waals surface area contributed by atoms with Gasteiger partial charge in [-0.3, -0.25) is 0 Å². The normalized spacial score (nSPS) is 17.4. The molecule has 3 heteroatoms. The van der Waals surface area contributed by atoms with Crippen LogP contribution in [-0.2, 0) is 9.31 Å². The summed E-state index contributed by atoms with van der Waals surface area (Å²) in [5, 5.41) is 0. The quantitative estimate of drug-likeness (QED) is 0.155. The third-order valence-electron chi connectivity index (χ3n) is 7.37. The van der Waals surface area contributed by atoms with Crippen molar-refractivity contribution in [3.8, 4) is 0 Å². The van der Waals surface area contributed by atoms with E-state index in [2.05, 4.69) is 143 Å². The molecule has 0 radical (unpaired) electrons. The summed E-state index contributed by atoms with van der Waals surface area (Å²) in [6, 6.07) is 42.1. The van der Waals surface area contributed by atoms with Crippen molar-refractivity contribution in [2.45, 2.75) is 38.9 Å². The van der Waals surface area contributed by atoms with Crippen molar-refractivity contribution >= 4 is 29.8 Å². The van der Waals surface area contributed by atoms with Crippen molar-refractivity contribution in [2.24, 2.45) is 0 Å². The van der Waals surface area contributed by atoms with Crippen LogP contribution in [-0.4, -0.2) is 18.3 Å². The number of allylic oxidation sites excluding steroid dienone is 2. The molecule has 5 rings (SSSR count). The lowest BCUT2D eigenvalue weighted by Crippen LogP contribution is -2.41. The standard InChI is InChI=1S/C34H33BO2/c1-33(2)34(3,4)37-35(36-33)32(29-23-15-8-16-24-29)31(28-21-13-7-14-22-28)30(27-19-11-6-12-20-27)25-26-17-9-5-10-18-26/h5-25H,1-4H3/b30-25-,32-31-. The molecule has 4 aromatic rings. The fourth-order valence-corrected chi connectivity index (χ4v) is 4.67. The number of hydrogen-bond acceptors (Lipinski definition) is 2. The monoisotopic (exact) mass is 484 g/mol. The van der Waals surface area contributed by atoms with Gasteiger partial charge in [-0.1, -0.05) is 121 Å². The van der Waals surface area contributed by atoms with Gasteiger partial charge in [-0.2, -0.15) is 0 Å². The highest BCUT2D eigenvalue weighted by Gasteiger charge is 2.53. The molecule has 0 atom stereocenters. The van der Waals surface area contributed by atoms with Gasteiger partial charge in [0.2, 0.25) is 0 Å². The molecule has 1 saturated heterocycles. The van der Waals surface area contributed by atoms with E-state index >= 15 is 0 Å². The largest absolute Gasteiger partial charge is 0.496 e. The zero-order valence-corrected chi connectivity index (χ0v) is 22.0. The second-order valence-electron chi connectivity index (χ2n) is 10.4. The van der Waals surface area contributed by atoms with E-state index in [1.165, 1.54) is 0 Å². The van der Waals surface area contributed by atoms with Crippen LogP contribution >= 0.6 is 0 Å². The molecule has 1 aliphatic rings. The Bertz CT molecular complexity index is 1370. The van der Waals surface area contributed by atoms with Crippen LogP contribution in [0.5, 0.6) is 0 Å².